The molecule has 1 N–H and O–H groups in total. The van der Waals surface area contributed by atoms with E-state index < -0.39 is 6.04 Å². The Balaban J connectivity index is 1.72. The minimum absolute atomic E-state index is 0.0142. The number of hydrogen-bond acceptors (Lipinski definition) is 3. The van der Waals surface area contributed by atoms with E-state index in [9.17, 15) is 9.59 Å². The van der Waals surface area contributed by atoms with Crippen molar-refractivity contribution < 1.29 is 9.59 Å². The van der Waals surface area contributed by atoms with Crippen molar-refractivity contribution in [3.05, 3.63) is 105 Å². The summed E-state index contributed by atoms with van der Waals surface area (Å²) in [5, 5.41) is 4.72. The molecule has 1 heterocycles. The first-order valence-electron chi connectivity index (χ1n) is 11.4. The molecular weight excluding hydrogens is 467 g/mol. The zero-order chi connectivity index (χ0) is 23.8. The van der Waals surface area contributed by atoms with Crippen molar-refractivity contribution in [2.45, 2.75) is 38.1 Å². The lowest BCUT2D eigenvalue weighted by Gasteiger charge is -2.35. The van der Waals surface area contributed by atoms with Gasteiger partial charge in [-0.15, -0.1) is 0 Å². The second-order valence-corrected chi connectivity index (χ2v) is 9.50. The highest BCUT2D eigenvalue weighted by Gasteiger charge is 2.41. The number of hydrogen-bond donors (Lipinski definition) is 1. The summed E-state index contributed by atoms with van der Waals surface area (Å²) >= 11 is 12.8. The van der Waals surface area contributed by atoms with E-state index in [-0.39, 0.29) is 17.6 Å². The topological polar surface area (TPSA) is 49.4 Å². The third-order valence-electron chi connectivity index (χ3n) is 6.60. The summed E-state index contributed by atoms with van der Waals surface area (Å²) in [7, 11) is 0. The molecule has 0 aromatic heterocycles. The number of allylic oxidation sites excluding steroid dienone is 1. The van der Waals surface area contributed by atoms with Crippen LogP contribution in [-0.4, -0.2) is 11.7 Å². The average molecular weight is 491 g/mol. The lowest BCUT2D eigenvalue weighted by Crippen LogP contribution is -2.38. The molecule has 34 heavy (non-hydrogen) atoms. The fourth-order valence-corrected chi connectivity index (χ4v) is 5.36. The number of nitrogens with one attached hydrogen (secondary N) is 1. The van der Waals surface area contributed by atoms with Gasteiger partial charge in [-0.2, -0.15) is 0 Å². The summed E-state index contributed by atoms with van der Waals surface area (Å²) in [5.74, 6) is -0.0376. The number of anilines is 2. The first kappa shape index (κ1) is 22.7. The molecule has 2 atom stereocenters. The number of fused-ring (bicyclic) bond motifs is 1. The number of Topliss-reactive ketones (excluding diaryl/α,β-unsaturated/α-hetero) is 1. The van der Waals surface area contributed by atoms with Crippen LogP contribution in [0.5, 0.6) is 0 Å². The van der Waals surface area contributed by atoms with Gasteiger partial charge in [0.2, 0.25) is 5.91 Å². The van der Waals surface area contributed by atoms with Crippen molar-refractivity contribution in [1.82, 2.24) is 0 Å². The number of amides is 1. The Hall–Kier alpha value is -3.08. The van der Waals surface area contributed by atoms with Gasteiger partial charge in [0.15, 0.2) is 5.78 Å². The van der Waals surface area contributed by atoms with Crippen LogP contribution < -0.4 is 10.2 Å². The van der Waals surface area contributed by atoms with Crippen molar-refractivity contribution >= 4 is 46.3 Å². The number of carbonyl (C=O) groups excluding carboxylic acids is 2. The van der Waals surface area contributed by atoms with Gasteiger partial charge >= 0.3 is 0 Å². The Bertz CT molecular complexity index is 1300. The number of benzene rings is 3. The standard InChI is InChI=1S/C28H24Cl2N2O2/c1-2-26(34)32-24-10-6-5-9-22(24)31-23-15-18(17-11-13-19(29)14-12-17)16-25(33)27(23)28(32)20-7-3-4-8-21(20)30/h3-14,18,28,31H,2,15-16H2,1H3. The smallest absolute Gasteiger partial charge is 0.227 e. The number of rotatable bonds is 3. The van der Waals surface area contributed by atoms with Crippen molar-refractivity contribution in [2.75, 3.05) is 10.2 Å². The summed E-state index contributed by atoms with van der Waals surface area (Å²) in [6, 6.07) is 22.2. The Morgan fingerprint density at radius 3 is 2.41 bits per heavy atom. The molecule has 3 aromatic rings. The van der Waals surface area contributed by atoms with Gasteiger partial charge in [0.05, 0.1) is 17.4 Å². The van der Waals surface area contributed by atoms with Gasteiger partial charge in [0, 0.05) is 34.2 Å². The summed E-state index contributed by atoms with van der Waals surface area (Å²) in [4.78, 5) is 29.0. The number of carbonyl (C=O) groups is 2. The van der Waals surface area contributed by atoms with Gasteiger partial charge in [-0.3, -0.25) is 14.5 Å². The van der Waals surface area contributed by atoms with E-state index >= 15 is 0 Å². The normalized spacial score (nSPS) is 19.7. The molecule has 0 spiro atoms. The van der Waals surface area contributed by atoms with E-state index in [0.29, 0.717) is 34.9 Å². The van der Waals surface area contributed by atoms with Crippen LogP contribution in [0.1, 0.15) is 49.3 Å². The minimum atomic E-state index is -0.606. The number of ketones is 1. The number of para-hydroxylation sites is 2. The zero-order valence-electron chi connectivity index (χ0n) is 18.7. The highest BCUT2D eigenvalue weighted by molar-refractivity contribution is 6.31. The fourth-order valence-electron chi connectivity index (χ4n) is 5.00. The van der Waals surface area contributed by atoms with E-state index in [1.54, 1.807) is 11.0 Å². The van der Waals surface area contributed by atoms with Crippen LogP contribution in [0.25, 0.3) is 0 Å². The van der Waals surface area contributed by atoms with E-state index in [4.69, 9.17) is 23.2 Å². The van der Waals surface area contributed by atoms with Crippen LogP contribution >= 0.6 is 23.2 Å². The van der Waals surface area contributed by atoms with Crippen LogP contribution in [-0.2, 0) is 9.59 Å². The molecule has 2 aliphatic rings. The lowest BCUT2D eigenvalue weighted by molar-refractivity contribution is -0.119. The molecule has 1 amide bonds. The van der Waals surface area contributed by atoms with Crippen LogP contribution in [0.4, 0.5) is 11.4 Å². The molecule has 0 saturated heterocycles. The van der Waals surface area contributed by atoms with Gasteiger partial charge in [-0.25, -0.2) is 0 Å². The Kier molecular flexibility index (Phi) is 6.20. The zero-order valence-corrected chi connectivity index (χ0v) is 20.2. The van der Waals surface area contributed by atoms with Crippen LogP contribution in [0.2, 0.25) is 10.0 Å². The van der Waals surface area contributed by atoms with Gasteiger partial charge < -0.3 is 5.32 Å². The summed E-state index contributed by atoms with van der Waals surface area (Å²) in [5.41, 5.74) is 4.80. The SMILES string of the molecule is CCC(=O)N1c2ccccc2NC2=C(C(=O)CC(c3ccc(Cl)cc3)C2)C1c1ccccc1Cl. The van der Waals surface area contributed by atoms with Gasteiger partial charge in [-0.05, 0) is 53.8 Å². The molecule has 172 valence electrons. The largest absolute Gasteiger partial charge is 0.357 e. The highest BCUT2D eigenvalue weighted by atomic mass is 35.5. The minimum Gasteiger partial charge on any atom is -0.357 e. The first-order valence-corrected chi connectivity index (χ1v) is 12.2. The maximum absolute atomic E-state index is 13.8. The summed E-state index contributed by atoms with van der Waals surface area (Å²) in [6.45, 7) is 1.83. The van der Waals surface area contributed by atoms with E-state index in [1.165, 1.54) is 0 Å². The van der Waals surface area contributed by atoms with Crippen molar-refractivity contribution in [1.29, 1.82) is 0 Å². The highest BCUT2D eigenvalue weighted by Crippen LogP contribution is 2.48. The maximum Gasteiger partial charge on any atom is 0.227 e. The molecule has 1 aliphatic carbocycles. The van der Waals surface area contributed by atoms with Gasteiger partial charge in [0.1, 0.15) is 0 Å². The predicted molar refractivity (Wildman–Crippen MR) is 137 cm³/mol. The third kappa shape index (κ3) is 4.02. The van der Waals surface area contributed by atoms with E-state index in [1.807, 2.05) is 73.7 Å². The molecule has 3 aromatic carbocycles. The quantitative estimate of drug-likeness (QED) is 0.418. The second kappa shape index (κ2) is 9.28. The van der Waals surface area contributed by atoms with Crippen molar-refractivity contribution in [3.8, 4) is 0 Å². The predicted octanol–water partition coefficient (Wildman–Crippen LogP) is 7.30. The fraction of sp³-hybridized carbons (Fsp3) is 0.214. The Morgan fingerprint density at radius 1 is 0.971 bits per heavy atom. The lowest BCUT2D eigenvalue weighted by atomic mass is 9.78. The molecule has 4 nitrogen and oxygen atoms in total. The third-order valence-corrected chi connectivity index (χ3v) is 7.20. The molecule has 0 saturated carbocycles. The summed E-state index contributed by atoms with van der Waals surface area (Å²) in [6.07, 6.45) is 1.30. The van der Waals surface area contributed by atoms with E-state index in [2.05, 4.69) is 5.32 Å². The molecule has 6 heteroatoms. The van der Waals surface area contributed by atoms with Crippen LogP contribution in [0, 0.1) is 0 Å². The monoisotopic (exact) mass is 490 g/mol. The van der Waals surface area contributed by atoms with Crippen LogP contribution in [0.15, 0.2) is 84.1 Å². The van der Waals surface area contributed by atoms with Crippen molar-refractivity contribution in [2.24, 2.45) is 0 Å². The average Bonchev–Trinajstić information content (AvgIpc) is 2.99. The number of nitrogens with zero attached hydrogens (tertiary/aromatic N) is 1. The molecule has 5 rings (SSSR count). The van der Waals surface area contributed by atoms with Crippen LogP contribution in [0.3, 0.4) is 0 Å². The molecular formula is C28H24Cl2N2O2. The Labute approximate surface area is 209 Å². The molecule has 0 bridgehead atoms. The Morgan fingerprint density at radius 2 is 1.68 bits per heavy atom. The maximum atomic E-state index is 13.8. The molecule has 1 aliphatic heterocycles. The van der Waals surface area contributed by atoms with Gasteiger partial charge in [-0.1, -0.05) is 72.6 Å². The number of halogens is 2. The molecule has 2 unspecified atom stereocenters. The van der Waals surface area contributed by atoms with Gasteiger partial charge in [0.25, 0.3) is 0 Å². The summed E-state index contributed by atoms with van der Waals surface area (Å²) < 4.78 is 0. The van der Waals surface area contributed by atoms with Crippen molar-refractivity contribution in [3.63, 3.8) is 0 Å². The molecule has 0 fully saturated rings. The second-order valence-electron chi connectivity index (χ2n) is 8.66. The van der Waals surface area contributed by atoms with E-state index in [0.717, 1.165) is 28.2 Å². The molecule has 0 radical (unpaired) electrons. The first-order chi connectivity index (χ1) is 16.5.